The second kappa shape index (κ2) is 5.30. The minimum atomic E-state index is 0.620. The van der Waals surface area contributed by atoms with Crippen LogP contribution in [0, 0.1) is 6.92 Å². The highest BCUT2D eigenvalue weighted by molar-refractivity contribution is 5.37. The first-order valence-electron chi connectivity index (χ1n) is 4.42. The Morgan fingerprint density at radius 3 is 2.54 bits per heavy atom. The Kier molecular flexibility index (Phi) is 3.96. The van der Waals surface area contributed by atoms with E-state index in [1.807, 2.05) is 38.1 Å². The molecule has 0 aliphatic heterocycles. The van der Waals surface area contributed by atoms with Crippen LogP contribution in [0.15, 0.2) is 34.7 Å². The zero-order valence-electron chi connectivity index (χ0n) is 8.03. The van der Waals surface area contributed by atoms with Crippen LogP contribution in [0.2, 0.25) is 0 Å². The average molecular weight is 178 g/mol. The minimum Gasteiger partial charge on any atom is -0.379 e. The van der Waals surface area contributed by atoms with Crippen molar-refractivity contribution in [2.24, 2.45) is 10.4 Å². The van der Waals surface area contributed by atoms with Gasteiger partial charge in [-0.2, -0.15) is 0 Å². The van der Waals surface area contributed by atoms with Gasteiger partial charge in [-0.25, -0.2) is 0 Å². The summed E-state index contributed by atoms with van der Waals surface area (Å²) in [6.45, 7) is 4.69. The van der Waals surface area contributed by atoms with Crippen LogP contribution < -0.4 is 0 Å². The molecule has 3 heteroatoms. The Balaban J connectivity index is 2.44. The third-order valence-corrected chi connectivity index (χ3v) is 1.54. The summed E-state index contributed by atoms with van der Waals surface area (Å²) in [5.74, 6) is 0. The van der Waals surface area contributed by atoms with Crippen molar-refractivity contribution in [2.75, 3.05) is 6.61 Å². The molecule has 0 aromatic heterocycles. The molecule has 70 valence electrons. The molecule has 0 bridgehead atoms. The van der Waals surface area contributed by atoms with Crippen LogP contribution in [0.25, 0.3) is 0 Å². The molecular formula is C10H14N2O. The molecule has 0 heterocycles. The topological polar surface area (TPSA) is 34.0 Å². The fraction of sp³-hybridized carbons (Fsp3) is 0.400. The quantitative estimate of drug-likeness (QED) is 0.395. The summed E-state index contributed by atoms with van der Waals surface area (Å²) in [5.41, 5.74) is 2.04. The molecule has 0 atom stereocenters. The first-order valence-corrected chi connectivity index (χ1v) is 4.42. The molecule has 0 fully saturated rings. The Bertz CT molecular complexity index is 267. The number of hydrogen-bond donors (Lipinski definition) is 0. The van der Waals surface area contributed by atoms with Gasteiger partial charge in [0.25, 0.3) is 0 Å². The van der Waals surface area contributed by atoms with E-state index in [1.165, 1.54) is 5.56 Å². The lowest BCUT2D eigenvalue weighted by molar-refractivity contribution is 0.126. The molecule has 0 N–H and O–H groups in total. The van der Waals surface area contributed by atoms with E-state index in [4.69, 9.17) is 4.84 Å². The minimum absolute atomic E-state index is 0.620. The predicted octanol–water partition coefficient (Wildman–Crippen LogP) is 3.42. The maximum Gasteiger partial charge on any atom is 0.118 e. The highest BCUT2D eigenvalue weighted by Gasteiger charge is 1.87. The number of benzene rings is 1. The molecule has 0 spiro atoms. The van der Waals surface area contributed by atoms with E-state index in [9.17, 15) is 0 Å². The molecule has 3 nitrogen and oxygen atoms in total. The highest BCUT2D eigenvalue weighted by Crippen LogP contribution is 2.12. The molecule has 0 saturated heterocycles. The van der Waals surface area contributed by atoms with Crippen LogP contribution in [0.4, 0.5) is 5.69 Å². The molecule has 1 aromatic rings. The van der Waals surface area contributed by atoms with Gasteiger partial charge in [0.05, 0.1) is 5.69 Å². The summed E-state index contributed by atoms with van der Waals surface area (Å²) in [6, 6.07) is 7.81. The third kappa shape index (κ3) is 3.69. The Morgan fingerprint density at radius 2 is 1.92 bits per heavy atom. The third-order valence-electron chi connectivity index (χ3n) is 1.54. The van der Waals surface area contributed by atoms with E-state index in [1.54, 1.807) is 0 Å². The van der Waals surface area contributed by atoms with E-state index in [0.717, 1.165) is 12.1 Å². The summed E-state index contributed by atoms with van der Waals surface area (Å²) in [5, 5.41) is 7.47. The second-order valence-corrected chi connectivity index (χ2v) is 2.85. The smallest absolute Gasteiger partial charge is 0.118 e. The first-order chi connectivity index (χ1) is 6.33. The van der Waals surface area contributed by atoms with Crippen LogP contribution in [-0.2, 0) is 4.84 Å². The summed E-state index contributed by atoms with van der Waals surface area (Å²) in [7, 11) is 0. The maximum absolute atomic E-state index is 4.88. The first kappa shape index (κ1) is 9.71. The number of aryl methyl sites for hydroxylation is 1. The van der Waals surface area contributed by atoms with Gasteiger partial charge < -0.3 is 4.84 Å². The van der Waals surface area contributed by atoms with E-state index < -0.39 is 0 Å². The SMILES string of the molecule is CCCON=Nc1ccc(C)cc1. The van der Waals surface area contributed by atoms with Gasteiger partial charge >= 0.3 is 0 Å². The monoisotopic (exact) mass is 178 g/mol. The molecule has 0 aliphatic carbocycles. The van der Waals surface area contributed by atoms with Crippen LogP contribution in [0.1, 0.15) is 18.9 Å². The van der Waals surface area contributed by atoms with Crippen molar-refractivity contribution in [3.63, 3.8) is 0 Å². The van der Waals surface area contributed by atoms with Crippen molar-refractivity contribution in [3.05, 3.63) is 29.8 Å². The van der Waals surface area contributed by atoms with Crippen molar-refractivity contribution in [1.82, 2.24) is 0 Å². The maximum atomic E-state index is 4.88. The van der Waals surface area contributed by atoms with Gasteiger partial charge in [-0.05, 0) is 25.5 Å². The molecular weight excluding hydrogens is 164 g/mol. The van der Waals surface area contributed by atoms with Gasteiger partial charge in [0.1, 0.15) is 6.61 Å². The zero-order valence-corrected chi connectivity index (χ0v) is 8.03. The molecule has 0 radical (unpaired) electrons. The lowest BCUT2D eigenvalue weighted by atomic mass is 10.2. The Labute approximate surface area is 78.4 Å². The fourth-order valence-electron chi connectivity index (χ4n) is 0.820. The normalized spacial score (nSPS) is 10.6. The molecule has 0 saturated carbocycles. The van der Waals surface area contributed by atoms with Gasteiger partial charge in [0.2, 0.25) is 0 Å². The van der Waals surface area contributed by atoms with Gasteiger partial charge in [-0.1, -0.05) is 24.6 Å². The van der Waals surface area contributed by atoms with Crippen LogP contribution in [0.5, 0.6) is 0 Å². The summed E-state index contributed by atoms with van der Waals surface area (Å²) in [4.78, 5) is 4.88. The van der Waals surface area contributed by atoms with Gasteiger partial charge in [-0.3, -0.25) is 0 Å². The molecule has 0 amide bonds. The van der Waals surface area contributed by atoms with Crippen LogP contribution in [0.3, 0.4) is 0 Å². The largest absolute Gasteiger partial charge is 0.379 e. The second-order valence-electron chi connectivity index (χ2n) is 2.85. The van der Waals surface area contributed by atoms with E-state index in [0.29, 0.717) is 6.61 Å². The van der Waals surface area contributed by atoms with Crippen LogP contribution >= 0.6 is 0 Å². The summed E-state index contributed by atoms with van der Waals surface area (Å²) >= 11 is 0. The van der Waals surface area contributed by atoms with E-state index in [2.05, 4.69) is 10.4 Å². The lowest BCUT2D eigenvalue weighted by Crippen LogP contribution is -1.81. The van der Waals surface area contributed by atoms with Gasteiger partial charge in [0.15, 0.2) is 0 Å². The molecule has 0 unspecified atom stereocenters. The zero-order chi connectivity index (χ0) is 9.52. The molecule has 13 heavy (non-hydrogen) atoms. The molecule has 1 aromatic carbocycles. The Hall–Kier alpha value is -1.38. The van der Waals surface area contributed by atoms with Gasteiger partial charge in [-0.15, -0.1) is 5.11 Å². The number of nitrogens with zero attached hydrogens (tertiary/aromatic N) is 2. The summed E-state index contributed by atoms with van der Waals surface area (Å²) < 4.78 is 0. The van der Waals surface area contributed by atoms with Crippen molar-refractivity contribution in [3.8, 4) is 0 Å². The van der Waals surface area contributed by atoms with Crippen molar-refractivity contribution in [2.45, 2.75) is 20.3 Å². The van der Waals surface area contributed by atoms with Gasteiger partial charge in [0, 0.05) is 5.28 Å². The van der Waals surface area contributed by atoms with E-state index >= 15 is 0 Å². The highest BCUT2D eigenvalue weighted by atomic mass is 16.6. The average Bonchev–Trinajstić information content (AvgIpc) is 2.15. The number of hydrogen-bond acceptors (Lipinski definition) is 3. The predicted molar refractivity (Wildman–Crippen MR) is 51.9 cm³/mol. The van der Waals surface area contributed by atoms with Crippen molar-refractivity contribution >= 4 is 5.69 Å². The Morgan fingerprint density at radius 1 is 1.23 bits per heavy atom. The standard InChI is InChI=1S/C10H14N2O/c1-3-8-13-12-11-10-6-4-9(2)5-7-10/h4-7H,3,8H2,1-2H3. The van der Waals surface area contributed by atoms with Crippen molar-refractivity contribution in [1.29, 1.82) is 0 Å². The molecule has 0 aliphatic rings. The lowest BCUT2D eigenvalue weighted by Gasteiger charge is -1.94. The molecule has 1 rings (SSSR count). The van der Waals surface area contributed by atoms with E-state index in [-0.39, 0.29) is 0 Å². The number of rotatable bonds is 4. The van der Waals surface area contributed by atoms with Crippen molar-refractivity contribution < 1.29 is 4.84 Å². The fourth-order valence-corrected chi connectivity index (χ4v) is 0.820. The summed E-state index contributed by atoms with van der Waals surface area (Å²) in [6.07, 6.45) is 0.951. The van der Waals surface area contributed by atoms with Crippen LogP contribution in [-0.4, -0.2) is 6.61 Å².